The largest absolute Gasteiger partial charge is 0.495 e. The molecule has 1 aromatic carbocycles. The fraction of sp³-hybridized carbons (Fsp3) is 0.600. The van der Waals surface area contributed by atoms with Crippen LogP contribution in [0.4, 0.5) is 0 Å². The summed E-state index contributed by atoms with van der Waals surface area (Å²) in [7, 11) is 1.69. The van der Waals surface area contributed by atoms with E-state index in [1.54, 1.807) is 7.11 Å². The number of piperazine rings is 1. The molecular weight excluding hydrogens is 260 g/mol. The lowest BCUT2D eigenvalue weighted by Crippen LogP contribution is -2.42. The van der Waals surface area contributed by atoms with Gasteiger partial charge in [0.25, 0.3) is 0 Å². The second kappa shape index (κ2) is 6.60. The average molecular weight is 283 g/mol. The molecule has 0 atom stereocenters. The summed E-state index contributed by atoms with van der Waals surface area (Å²) in [5.41, 5.74) is 2.47. The zero-order valence-corrected chi connectivity index (χ0v) is 12.8. The van der Waals surface area contributed by atoms with Crippen molar-refractivity contribution in [3.63, 3.8) is 0 Å². The molecule has 1 aliphatic heterocycles. The van der Waals surface area contributed by atoms with Gasteiger partial charge in [-0.05, 0) is 17.5 Å². The quantitative estimate of drug-likeness (QED) is 0.919. The standard InChI is InChI=1S/C15H23ClN2O/c1-11(2)12-8-13(15(19-3)14(16)9-12)10-18-6-4-17-5-7-18/h8-9,11,17H,4-7,10H2,1-3H3. The van der Waals surface area contributed by atoms with E-state index < -0.39 is 0 Å². The minimum Gasteiger partial charge on any atom is -0.495 e. The van der Waals surface area contributed by atoms with Crippen LogP contribution in [-0.2, 0) is 6.54 Å². The average Bonchev–Trinajstić information content (AvgIpc) is 2.39. The lowest BCUT2D eigenvalue weighted by molar-refractivity contribution is 0.230. The first-order chi connectivity index (χ1) is 9.11. The Labute approximate surface area is 120 Å². The molecule has 0 bridgehead atoms. The van der Waals surface area contributed by atoms with E-state index in [4.69, 9.17) is 16.3 Å². The van der Waals surface area contributed by atoms with Crippen LogP contribution in [0.2, 0.25) is 5.02 Å². The molecule has 1 N–H and O–H groups in total. The predicted molar refractivity (Wildman–Crippen MR) is 80.2 cm³/mol. The molecule has 1 heterocycles. The molecule has 1 aliphatic rings. The molecule has 19 heavy (non-hydrogen) atoms. The van der Waals surface area contributed by atoms with Gasteiger partial charge in [0.2, 0.25) is 0 Å². The van der Waals surface area contributed by atoms with Crippen LogP contribution < -0.4 is 10.1 Å². The Balaban J connectivity index is 2.25. The van der Waals surface area contributed by atoms with Gasteiger partial charge in [0.1, 0.15) is 5.75 Å². The summed E-state index contributed by atoms with van der Waals surface area (Å²) >= 11 is 6.34. The number of rotatable bonds is 4. The number of nitrogens with zero attached hydrogens (tertiary/aromatic N) is 1. The Bertz CT molecular complexity index is 428. The van der Waals surface area contributed by atoms with Gasteiger partial charge >= 0.3 is 0 Å². The summed E-state index contributed by atoms with van der Waals surface area (Å²) in [6.45, 7) is 9.55. The summed E-state index contributed by atoms with van der Waals surface area (Å²) in [4.78, 5) is 2.44. The zero-order valence-electron chi connectivity index (χ0n) is 12.0. The van der Waals surface area contributed by atoms with Crippen LogP contribution in [0.3, 0.4) is 0 Å². The van der Waals surface area contributed by atoms with Crippen molar-refractivity contribution >= 4 is 11.6 Å². The number of hydrogen-bond acceptors (Lipinski definition) is 3. The predicted octanol–water partition coefficient (Wildman–Crippen LogP) is 2.88. The van der Waals surface area contributed by atoms with Crippen molar-refractivity contribution in [2.24, 2.45) is 0 Å². The van der Waals surface area contributed by atoms with E-state index in [0.29, 0.717) is 5.92 Å². The summed E-state index contributed by atoms with van der Waals surface area (Å²) < 4.78 is 5.48. The van der Waals surface area contributed by atoms with Crippen LogP contribution in [0.15, 0.2) is 12.1 Å². The first-order valence-corrected chi connectivity index (χ1v) is 7.29. The minimum absolute atomic E-state index is 0.477. The molecule has 0 unspecified atom stereocenters. The summed E-state index contributed by atoms with van der Waals surface area (Å²) in [6, 6.07) is 4.25. The lowest BCUT2D eigenvalue weighted by atomic mass is 9.99. The third kappa shape index (κ3) is 3.62. The maximum Gasteiger partial charge on any atom is 0.141 e. The van der Waals surface area contributed by atoms with Crippen molar-refractivity contribution in [3.05, 3.63) is 28.3 Å². The van der Waals surface area contributed by atoms with E-state index in [2.05, 4.69) is 30.1 Å². The molecule has 0 aromatic heterocycles. The molecular formula is C15H23ClN2O. The fourth-order valence-electron chi connectivity index (χ4n) is 2.46. The van der Waals surface area contributed by atoms with Crippen molar-refractivity contribution in [3.8, 4) is 5.75 Å². The minimum atomic E-state index is 0.477. The van der Waals surface area contributed by atoms with E-state index in [-0.39, 0.29) is 0 Å². The number of ether oxygens (including phenoxy) is 1. The van der Waals surface area contributed by atoms with Crippen molar-refractivity contribution in [2.75, 3.05) is 33.3 Å². The molecule has 4 heteroatoms. The second-order valence-corrected chi connectivity index (χ2v) is 5.78. The van der Waals surface area contributed by atoms with Crippen LogP contribution in [0.25, 0.3) is 0 Å². The van der Waals surface area contributed by atoms with Crippen molar-refractivity contribution in [1.82, 2.24) is 10.2 Å². The highest BCUT2D eigenvalue weighted by atomic mass is 35.5. The van der Waals surface area contributed by atoms with Gasteiger partial charge < -0.3 is 10.1 Å². The maximum absolute atomic E-state index is 6.34. The molecule has 0 aliphatic carbocycles. The topological polar surface area (TPSA) is 24.5 Å². The van der Waals surface area contributed by atoms with E-state index >= 15 is 0 Å². The van der Waals surface area contributed by atoms with Crippen molar-refractivity contribution in [1.29, 1.82) is 0 Å². The summed E-state index contributed by atoms with van der Waals surface area (Å²) in [5.74, 6) is 1.30. The van der Waals surface area contributed by atoms with Gasteiger partial charge in [0.05, 0.1) is 12.1 Å². The van der Waals surface area contributed by atoms with Crippen LogP contribution in [0, 0.1) is 0 Å². The van der Waals surface area contributed by atoms with E-state index in [9.17, 15) is 0 Å². The molecule has 0 spiro atoms. The van der Waals surface area contributed by atoms with Crippen LogP contribution in [0.1, 0.15) is 30.9 Å². The van der Waals surface area contributed by atoms with Crippen LogP contribution >= 0.6 is 11.6 Å². The van der Waals surface area contributed by atoms with E-state index in [1.165, 1.54) is 11.1 Å². The van der Waals surface area contributed by atoms with Crippen molar-refractivity contribution < 1.29 is 4.74 Å². The van der Waals surface area contributed by atoms with Gasteiger partial charge in [-0.15, -0.1) is 0 Å². The van der Waals surface area contributed by atoms with Gasteiger partial charge in [-0.2, -0.15) is 0 Å². The maximum atomic E-state index is 6.34. The highest BCUT2D eigenvalue weighted by molar-refractivity contribution is 6.32. The zero-order chi connectivity index (χ0) is 13.8. The number of nitrogens with one attached hydrogen (secondary N) is 1. The van der Waals surface area contributed by atoms with Crippen LogP contribution in [-0.4, -0.2) is 38.2 Å². The Morgan fingerprint density at radius 1 is 1.32 bits per heavy atom. The molecule has 2 rings (SSSR count). The van der Waals surface area contributed by atoms with Crippen molar-refractivity contribution in [2.45, 2.75) is 26.3 Å². The smallest absolute Gasteiger partial charge is 0.141 e. The fourth-order valence-corrected chi connectivity index (χ4v) is 2.79. The van der Waals surface area contributed by atoms with Gasteiger partial charge in [-0.1, -0.05) is 31.5 Å². The Kier molecular flexibility index (Phi) is 5.08. The third-order valence-electron chi connectivity index (χ3n) is 3.62. The first-order valence-electron chi connectivity index (χ1n) is 6.91. The van der Waals surface area contributed by atoms with Gasteiger partial charge in [0.15, 0.2) is 0 Å². The number of benzene rings is 1. The van der Waals surface area contributed by atoms with E-state index in [1.807, 2.05) is 6.07 Å². The highest BCUT2D eigenvalue weighted by Crippen LogP contribution is 2.33. The third-order valence-corrected chi connectivity index (χ3v) is 3.90. The molecule has 1 aromatic rings. The SMILES string of the molecule is COc1c(Cl)cc(C(C)C)cc1CN1CCNCC1. The Morgan fingerprint density at radius 3 is 2.58 bits per heavy atom. The summed E-state index contributed by atoms with van der Waals surface area (Å²) in [6.07, 6.45) is 0. The number of methoxy groups -OCH3 is 1. The number of halogens is 1. The molecule has 0 amide bonds. The highest BCUT2D eigenvalue weighted by Gasteiger charge is 2.16. The van der Waals surface area contributed by atoms with Gasteiger partial charge in [-0.25, -0.2) is 0 Å². The van der Waals surface area contributed by atoms with Crippen LogP contribution in [0.5, 0.6) is 5.75 Å². The Hall–Kier alpha value is -0.770. The molecule has 106 valence electrons. The summed E-state index contributed by atoms with van der Waals surface area (Å²) in [5, 5.41) is 4.09. The Morgan fingerprint density at radius 2 is 2.00 bits per heavy atom. The number of hydrogen-bond donors (Lipinski definition) is 1. The molecule has 0 saturated carbocycles. The monoisotopic (exact) mass is 282 g/mol. The van der Waals surface area contributed by atoms with Gasteiger partial charge in [0, 0.05) is 38.3 Å². The van der Waals surface area contributed by atoms with Gasteiger partial charge in [-0.3, -0.25) is 4.90 Å². The lowest BCUT2D eigenvalue weighted by Gasteiger charge is -2.28. The molecule has 1 fully saturated rings. The molecule has 0 radical (unpaired) electrons. The molecule has 3 nitrogen and oxygen atoms in total. The molecule has 1 saturated heterocycles. The second-order valence-electron chi connectivity index (χ2n) is 5.38. The normalized spacial score (nSPS) is 16.9. The first kappa shape index (κ1) is 14.6. The van der Waals surface area contributed by atoms with E-state index in [0.717, 1.165) is 43.5 Å².